The Labute approximate surface area is 222 Å². The lowest BCUT2D eigenvalue weighted by Gasteiger charge is -2.21. The Kier molecular flexibility index (Phi) is 15.9. The smallest absolute Gasteiger partial charge is 0.227 e. The summed E-state index contributed by atoms with van der Waals surface area (Å²) in [7, 11) is 3.80. The predicted octanol–water partition coefficient (Wildman–Crippen LogP) is 6.29. The number of thioether (sulfide) groups is 1. The van der Waals surface area contributed by atoms with E-state index in [4.69, 9.17) is 9.97 Å². The molecule has 1 aromatic heterocycles. The van der Waals surface area contributed by atoms with E-state index in [1.165, 1.54) is 5.56 Å². The van der Waals surface area contributed by atoms with Gasteiger partial charge in [-0.15, -0.1) is 11.8 Å². The summed E-state index contributed by atoms with van der Waals surface area (Å²) in [6.07, 6.45) is 13.4. The number of rotatable bonds is 12. The molecule has 1 unspecified atom stereocenters. The molecule has 0 amide bonds. The lowest BCUT2D eigenvalue weighted by molar-refractivity contribution is 0.217. The summed E-state index contributed by atoms with van der Waals surface area (Å²) in [5.41, 5.74) is 3.07. The van der Waals surface area contributed by atoms with Gasteiger partial charge in [0.05, 0.1) is 11.3 Å². The van der Waals surface area contributed by atoms with E-state index in [1.54, 1.807) is 24.9 Å². The van der Waals surface area contributed by atoms with Gasteiger partial charge in [0, 0.05) is 33.8 Å². The van der Waals surface area contributed by atoms with Crippen LogP contribution >= 0.6 is 11.8 Å². The van der Waals surface area contributed by atoms with Crippen LogP contribution in [0.15, 0.2) is 72.3 Å². The zero-order valence-corrected chi connectivity index (χ0v) is 23.6. The van der Waals surface area contributed by atoms with Crippen LogP contribution in [0, 0.1) is 12.8 Å². The van der Waals surface area contributed by atoms with Crippen molar-refractivity contribution in [2.75, 3.05) is 43.7 Å². The monoisotopic (exact) mass is 509 g/mol. The Hall–Kier alpha value is -2.90. The van der Waals surface area contributed by atoms with Crippen LogP contribution in [0.3, 0.4) is 0 Å². The number of aromatic nitrogens is 2. The number of benzene rings is 1. The largest absolute Gasteiger partial charge is 0.396 e. The molecule has 0 spiro atoms. The fourth-order valence-corrected chi connectivity index (χ4v) is 4.05. The highest BCUT2D eigenvalue weighted by Gasteiger charge is 2.18. The van der Waals surface area contributed by atoms with Crippen LogP contribution in [0.2, 0.25) is 0 Å². The van der Waals surface area contributed by atoms with Crippen LogP contribution in [0.25, 0.3) is 0 Å². The summed E-state index contributed by atoms with van der Waals surface area (Å²) in [4.78, 5) is 16.1. The SMILES string of the molecule is C=C/C=C\C=C/C.CCC(CO)CCNc1nc(N(C)Cc2ccccc2)nc(C)c1C(=NC)SC. The van der Waals surface area contributed by atoms with Gasteiger partial charge in [0.1, 0.15) is 10.9 Å². The van der Waals surface area contributed by atoms with Crippen molar-refractivity contribution in [3.05, 3.63) is 84.1 Å². The van der Waals surface area contributed by atoms with Crippen molar-refractivity contribution in [3.63, 3.8) is 0 Å². The average molecular weight is 510 g/mol. The van der Waals surface area contributed by atoms with Crippen LogP contribution in [0.4, 0.5) is 11.8 Å². The maximum Gasteiger partial charge on any atom is 0.227 e. The maximum absolute atomic E-state index is 9.46. The lowest BCUT2D eigenvalue weighted by atomic mass is 10.0. The second kappa shape index (κ2) is 18.4. The quantitative estimate of drug-likeness (QED) is 0.199. The van der Waals surface area contributed by atoms with E-state index in [9.17, 15) is 5.11 Å². The van der Waals surface area contributed by atoms with Crippen molar-refractivity contribution < 1.29 is 5.11 Å². The van der Waals surface area contributed by atoms with Gasteiger partial charge in [-0.2, -0.15) is 4.98 Å². The second-order valence-corrected chi connectivity index (χ2v) is 9.02. The first-order valence-electron chi connectivity index (χ1n) is 12.3. The fraction of sp³-hybridized carbons (Fsp3) is 0.414. The molecule has 196 valence electrons. The molecular formula is C29H43N5OS. The Morgan fingerprint density at radius 2 is 1.94 bits per heavy atom. The first-order chi connectivity index (χ1) is 17.4. The molecule has 2 rings (SSSR count). The molecule has 0 aliphatic rings. The summed E-state index contributed by atoms with van der Waals surface area (Å²) in [6.45, 7) is 11.3. The van der Waals surface area contributed by atoms with Gasteiger partial charge in [-0.1, -0.05) is 80.6 Å². The minimum Gasteiger partial charge on any atom is -0.396 e. The van der Waals surface area contributed by atoms with Crippen LogP contribution in [0.1, 0.15) is 43.5 Å². The van der Waals surface area contributed by atoms with E-state index in [1.807, 2.05) is 69.7 Å². The zero-order chi connectivity index (χ0) is 26.8. The number of aliphatic hydroxyl groups excluding tert-OH is 1. The van der Waals surface area contributed by atoms with Crippen molar-refractivity contribution in [2.24, 2.45) is 10.9 Å². The maximum atomic E-state index is 9.46. The van der Waals surface area contributed by atoms with E-state index >= 15 is 0 Å². The molecule has 0 aliphatic carbocycles. The Balaban J connectivity index is 0.000000809. The minimum atomic E-state index is 0.214. The number of aliphatic hydroxyl groups is 1. The van der Waals surface area contributed by atoms with Crippen LogP contribution in [0.5, 0.6) is 0 Å². The van der Waals surface area contributed by atoms with Gasteiger partial charge in [-0.25, -0.2) is 4.98 Å². The van der Waals surface area contributed by atoms with Crippen molar-refractivity contribution in [2.45, 2.75) is 40.2 Å². The number of nitrogens with zero attached hydrogens (tertiary/aromatic N) is 4. The van der Waals surface area contributed by atoms with E-state index in [2.05, 4.69) is 40.8 Å². The van der Waals surface area contributed by atoms with E-state index in [-0.39, 0.29) is 6.61 Å². The minimum absolute atomic E-state index is 0.214. The molecule has 0 saturated carbocycles. The van der Waals surface area contributed by atoms with Gasteiger partial charge in [-0.3, -0.25) is 4.99 Å². The summed E-state index contributed by atoms with van der Waals surface area (Å²) < 4.78 is 0. The molecule has 6 nitrogen and oxygen atoms in total. The summed E-state index contributed by atoms with van der Waals surface area (Å²) in [6, 6.07) is 10.3. The van der Waals surface area contributed by atoms with E-state index < -0.39 is 0 Å². The molecule has 0 saturated heterocycles. The van der Waals surface area contributed by atoms with Crippen LogP contribution in [-0.4, -0.2) is 53.6 Å². The average Bonchev–Trinajstić information content (AvgIpc) is 2.89. The highest BCUT2D eigenvalue weighted by atomic mass is 32.2. The predicted molar refractivity (Wildman–Crippen MR) is 159 cm³/mol. The molecule has 0 fully saturated rings. The zero-order valence-electron chi connectivity index (χ0n) is 22.7. The topological polar surface area (TPSA) is 73.6 Å². The van der Waals surface area contributed by atoms with Crippen molar-refractivity contribution in [1.29, 1.82) is 0 Å². The van der Waals surface area contributed by atoms with Crippen LogP contribution < -0.4 is 10.2 Å². The lowest BCUT2D eigenvalue weighted by Crippen LogP contribution is -2.22. The van der Waals surface area contributed by atoms with Gasteiger partial charge in [0.25, 0.3) is 0 Å². The van der Waals surface area contributed by atoms with Gasteiger partial charge < -0.3 is 15.3 Å². The Morgan fingerprint density at radius 3 is 2.50 bits per heavy atom. The van der Waals surface area contributed by atoms with Crippen molar-refractivity contribution in [3.8, 4) is 0 Å². The van der Waals surface area contributed by atoms with Gasteiger partial charge in [-0.05, 0) is 38.0 Å². The third kappa shape index (κ3) is 10.8. The van der Waals surface area contributed by atoms with Gasteiger partial charge >= 0.3 is 0 Å². The molecule has 1 atom stereocenters. The van der Waals surface area contributed by atoms with E-state index in [0.29, 0.717) is 11.9 Å². The third-order valence-corrected chi connectivity index (χ3v) is 6.30. The normalized spacial score (nSPS) is 12.4. The first kappa shape index (κ1) is 31.1. The number of aryl methyl sites for hydroxylation is 1. The number of nitrogens with one attached hydrogen (secondary N) is 1. The summed E-state index contributed by atoms with van der Waals surface area (Å²) in [5, 5.41) is 13.9. The molecule has 0 radical (unpaired) electrons. The Bertz CT molecular complexity index is 985. The standard InChI is InChI=1S/C22H33N5OS.C7H10/c1-6-17(15-28)12-13-24-20-19(21(23-3)29-5)16(2)25-22(26-20)27(4)14-18-10-8-7-9-11-18;1-3-5-7-6-4-2/h7-11,17,28H,6,12-15H2,1-5H3,(H,24,25,26);3-7H,1H2,2H3/b;6-4-,7-5-. The van der Waals surface area contributed by atoms with Crippen molar-refractivity contribution in [1.82, 2.24) is 9.97 Å². The van der Waals surface area contributed by atoms with Crippen LogP contribution in [-0.2, 0) is 6.54 Å². The summed E-state index contributed by atoms with van der Waals surface area (Å²) >= 11 is 1.59. The molecule has 2 N–H and O–H groups in total. The summed E-state index contributed by atoms with van der Waals surface area (Å²) in [5.74, 6) is 1.78. The number of allylic oxidation sites excluding steroid dienone is 5. The highest BCUT2D eigenvalue weighted by molar-refractivity contribution is 8.13. The van der Waals surface area contributed by atoms with Gasteiger partial charge in [0.2, 0.25) is 5.95 Å². The van der Waals surface area contributed by atoms with E-state index in [0.717, 1.165) is 48.1 Å². The Morgan fingerprint density at radius 1 is 1.22 bits per heavy atom. The second-order valence-electron chi connectivity index (χ2n) is 8.23. The molecule has 1 aromatic carbocycles. The molecular weight excluding hydrogens is 466 g/mol. The number of hydrogen-bond acceptors (Lipinski definition) is 7. The molecule has 2 aromatic rings. The molecule has 7 heteroatoms. The molecule has 36 heavy (non-hydrogen) atoms. The number of hydrogen-bond donors (Lipinski definition) is 2. The highest BCUT2D eigenvalue weighted by Crippen LogP contribution is 2.25. The first-order valence-corrected chi connectivity index (χ1v) is 13.6. The molecule has 1 heterocycles. The molecule has 0 aliphatic heterocycles. The van der Waals surface area contributed by atoms with Gasteiger partial charge in [0.15, 0.2) is 0 Å². The molecule has 0 bridgehead atoms. The number of aliphatic imine (C=N–C) groups is 1. The third-order valence-electron chi connectivity index (χ3n) is 5.52. The van der Waals surface area contributed by atoms with Crippen molar-refractivity contribution >= 4 is 28.6 Å². The fourth-order valence-electron chi connectivity index (χ4n) is 3.42. The number of anilines is 2.